The number of nitrogens with zero attached hydrogens (tertiary/aromatic N) is 1. The molecule has 1 aliphatic carbocycles. The van der Waals surface area contributed by atoms with Crippen LogP contribution in [0, 0.1) is 5.92 Å². The number of likely N-dealkylation sites (N-methyl/N-ethyl adjacent to an activating group) is 1. The zero-order valence-electron chi connectivity index (χ0n) is 13.3. The molecule has 0 heterocycles. The number of nitrogens with two attached hydrogens (primary N) is 1. The molecular formula is C18H28N2O. The molecule has 0 spiro atoms. The summed E-state index contributed by atoms with van der Waals surface area (Å²) in [5, 5.41) is 0. The predicted molar refractivity (Wildman–Crippen MR) is 86.9 cm³/mol. The molecule has 1 amide bonds. The van der Waals surface area contributed by atoms with Gasteiger partial charge in [0.2, 0.25) is 5.91 Å². The summed E-state index contributed by atoms with van der Waals surface area (Å²) in [6.07, 6.45) is 6.34. The maximum Gasteiger partial charge on any atom is 0.239 e. The topological polar surface area (TPSA) is 46.3 Å². The summed E-state index contributed by atoms with van der Waals surface area (Å²) in [6, 6.07) is 10.2. The maximum atomic E-state index is 12.5. The molecule has 2 N–H and O–H groups in total. The van der Waals surface area contributed by atoms with Crippen LogP contribution in [0.25, 0.3) is 0 Å². The summed E-state index contributed by atoms with van der Waals surface area (Å²) < 4.78 is 0. The second-order valence-electron chi connectivity index (χ2n) is 6.51. The van der Waals surface area contributed by atoms with Crippen LogP contribution in [0.3, 0.4) is 0 Å². The molecule has 3 nitrogen and oxygen atoms in total. The fourth-order valence-electron chi connectivity index (χ4n) is 3.29. The van der Waals surface area contributed by atoms with Crippen molar-refractivity contribution in [3.63, 3.8) is 0 Å². The highest BCUT2D eigenvalue weighted by Crippen LogP contribution is 2.27. The van der Waals surface area contributed by atoms with E-state index in [-0.39, 0.29) is 11.9 Å². The van der Waals surface area contributed by atoms with Gasteiger partial charge in [0.05, 0.1) is 6.04 Å². The number of rotatable bonds is 5. The molecule has 0 bridgehead atoms. The number of benzene rings is 1. The van der Waals surface area contributed by atoms with Crippen molar-refractivity contribution in [3.05, 3.63) is 35.9 Å². The number of hydrogen-bond acceptors (Lipinski definition) is 2. The first-order chi connectivity index (χ1) is 10.1. The molecule has 1 aromatic rings. The van der Waals surface area contributed by atoms with E-state index in [1.165, 1.54) is 18.4 Å². The summed E-state index contributed by atoms with van der Waals surface area (Å²) >= 11 is 0. The first-order valence-electron chi connectivity index (χ1n) is 8.14. The van der Waals surface area contributed by atoms with E-state index >= 15 is 0 Å². The van der Waals surface area contributed by atoms with Gasteiger partial charge in [0.25, 0.3) is 0 Å². The lowest BCUT2D eigenvalue weighted by atomic mass is 9.86. The van der Waals surface area contributed by atoms with Crippen molar-refractivity contribution in [2.75, 3.05) is 7.05 Å². The van der Waals surface area contributed by atoms with Crippen LogP contribution in [-0.2, 0) is 11.2 Å². The summed E-state index contributed by atoms with van der Waals surface area (Å²) in [4.78, 5) is 14.4. The second-order valence-corrected chi connectivity index (χ2v) is 6.51. The molecular weight excluding hydrogens is 260 g/mol. The van der Waals surface area contributed by atoms with Crippen LogP contribution in [0.4, 0.5) is 0 Å². The van der Waals surface area contributed by atoms with E-state index in [4.69, 9.17) is 5.73 Å². The minimum Gasteiger partial charge on any atom is -0.341 e. The molecule has 0 saturated heterocycles. The van der Waals surface area contributed by atoms with Crippen LogP contribution in [0.5, 0.6) is 0 Å². The highest BCUT2D eigenvalue weighted by atomic mass is 16.2. The quantitative estimate of drug-likeness (QED) is 0.905. The minimum atomic E-state index is -0.382. The highest BCUT2D eigenvalue weighted by molar-refractivity contribution is 5.81. The third-order valence-corrected chi connectivity index (χ3v) is 4.71. The largest absolute Gasteiger partial charge is 0.341 e. The van der Waals surface area contributed by atoms with E-state index in [0.29, 0.717) is 6.04 Å². The van der Waals surface area contributed by atoms with Gasteiger partial charge in [-0.1, -0.05) is 50.1 Å². The molecule has 1 aliphatic rings. The Morgan fingerprint density at radius 1 is 1.33 bits per heavy atom. The standard InChI is InChI=1S/C18H28N2O/c1-14-7-6-10-16(13-14)20(2)18(21)17(19)12-11-15-8-4-3-5-9-15/h3-5,8-9,14,16-17H,6-7,10-13,19H2,1-2H3. The van der Waals surface area contributed by atoms with E-state index in [2.05, 4.69) is 19.1 Å². The molecule has 0 radical (unpaired) electrons. The average Bonchev–Trinajstić information content (AvgIpc) is 2.52. The fourth-order valence-corrected chi connectivity index (χ4v) is 3.29. The van der Waals surface area contributed by atoms with Crippen molar-refractivity contribution >= 4 is 5.91 Å². The van der Waals surface area contributed by atoms with Crippen LogP contribution in [0.15, 0.2) is 30.3 Å². The van der Waals surface area contributed by atoms with Gasteiger partial charge in [-0.25, -0.2) is 0 Å². The number of amides is 1. The lowest BCUT2D eigenvalue weighted by molar-refractivity contribution is -0.134. The first kappa shape index (κ1) is 16.0. The monoisotopic (exact) mass is 288 g/mol. The molecule has 0 aromatic heterocycles. The molecule has 2 rings (SSSR count). The zero-order chi connectivity index (χ0) is 15.2. The van der Waals surface area contributed by atoms with Gasteiger partial charge in [-0.05, 0) is 37.2 Å². The van der Waals surface area contributed by atoms with Gasteiger partial charge in [-0.3, -0.25) is 4.79 Å². The van der Waals surface area contributed by atoms with Crippen LogP contribution in [-0.4, -0.2) is 29.9 Å². The van der Waals surface area contributed by atoms with E-state index in [0.717, 1.165) is 31.6 Å². The molecule has 0 aliphatic heterocycles. The Kier molecular flexibility index (Phi) is 5.80. The van der Waals surface area contributed by atoms with Crippen LogP contribution >= 0.6 is 0 Å². The number of carbonyl (C=O) groups excluding carboxylic acids is 1. The molecule has 21 heavy (non-hydrogen) atoms. The minimum absolute atomic E-state index is 0.102. The maximum absolute atomic E-state index is 12.5. The Bertz CT molecular complexity index is 446. The predicted octanol–water partition coefficient (Wildman–Crippen LogP) is 2.98. The molecule has 1 saturated carbocycles. The van der Waals surface area contributed by atoms with Gasteiger partial charge in [0, 0.05) is 13.1 Å². The third-order valence-electron chi connectivity index (χ3n) is 4.71. The van der Waals surface area contributed by atoms with Gasteiger partial charge in [-0.15, -0.1) is 0 Å². The number of carbonyl (C=O) groups is 1. The summed E-state index contributed by atoms with van der Waals surface area (Å²) in [5.41, 5.74) is 7.36. The Morgan fingerprint density at radius 3 is 2.71 bits per heavy atom. The van der Waals surface area contributed by atoms with Gasteiger partial charge in [0.1, 0.15) is 0 Å². The van der Waals surface area contributed by atoms with Crippen molar-refractivity contribution in [2.45, 2.75) is 57.5 Å². The van der Waals surface area contributed by atoms with E-state index in [9.17, 15) is 4.79 Å². The van der Waals surface area contributed by atoms with Crippen LogP contribution < -0.4 is 5.73 Å². The molecule has 3 unspecified atom stereocenters. The van der Waals surface area contributed by atoms with Crippen molar-refractivity contribution in [1.82, 2.24) is 4.90 Å². The molecule has 1 aromatic carbocycles. The Morgan fingerprint density at radius 2 is 2.05 bits per heavy atom. The molecule has 1 fully saturated rings. The summed E-state index contributed by atoms with van der Waals surface area (Å²) in [7, 11) is 1.92. The van der Waals surface area contributed by atoms with Gasteiger partial charge < -0.3 is 10.6 Å². The third kappa shape index (κ3) is 4.57. The number of hydrogen-bond donors (Lipinski definition) is 1. The Labute approximate surface area is 128 Å². The van der Waals surface area contributed by atoms with Crippen molar-refractivity contribution in [3.8, 4) is 0 Å². The smallest absolute Gasteiger partial charge is 0.239 e. The average molecular weight is 288 g/mol. The van der Waals surface area contributed by atoms with Crippen molar-refractivity contribution in [2.24, 2.45) is 11.7 Å². The SMILES string of the molecule is CC1CCCC(N(C)C(=O)C(N)CCc2ccccc2)C1. The fraction of sp³-hybridized carbons (Fsp3) is 0.611. The summed E-state index contributed by atoms with van der Waals surface area (Å²) in [5.74, 6) is 0.824. The Hall–Kier alpha value is -1.35. The van der Waals surface area contributed by atoms with Gasteiger partial charge in [-0.2, -0.15) is 0 Å². The van der Waals surface area contributed by atoms with Crippen molar-refractivity contribution < 1.29 is 4.79 Å². The normalized spacial score (nSPS) is 23.6. The zero-order valence-corrected chi connectivity index (χ0v) is 13.3. The van der Waals surface area contributed by atoms with E-state index in [1.54, 1.807) is 0 Å². The highest BCUT2D eigenvalue weighted by Gasteiger charge is 2.27. The molecule has 116 valence electrons. The first-order valence-corrected chi connectivity index (χ1v) is 8.14. The lowest BCUT2D eigenvalue weighted by Gasteiger charge is -2.35. The summed E-state index contributed by atoms with van der Waals surface area (Å²) in [6.45, 7) is 2.28. The molecule has 3 atom stereocenters. The Balaban J connectivity index is 1.83. The van der Waals surface area contributed by atoms with Crippen molar-refractivity contribution in [1.29, 1.82) is 0 Å². The van der Waals surface area contributed by atoms with Crippen LogP contribution in [0.2, 0.25) is 0 Å². The number of aryl methyl sites for hydroxylation is 1. The van der Waals surface area contributed by atoms with Gasteiger partial charge >= 0.3 is 0 Å². The van der Waals surface area contributed by atoms with Gasteiger partial charge in [0.15, 0.2) is 0 Å². The lowest BCUT2D eigenvalue weighted by Crippen LogP contribution is -2.48. The molecule has 3 heteroatoms. The van der Waals surface area contributed by atoms with E-state index in [1.807, 2.05) is 30.1 Å². The second kappa shape index (κ2) is 7.60. The van der Waals surface area contributed by atoms with Crippen LogP contribution in [0.1, 0.15) is 44.6 Å². The van der Waals surface area contributed by atoms with E-state index < -0.39 is 0 Å².